The molecule has 0 aliphatic carbocycles. The van der Waals surface area contributed by atoms with Crippen LogP contribution in [0.25, 0.3) is 0 Å². The van der Waals surface area contributed by atoms with Crippen molar-refractivity contribution < 1.29 is 9.18 Å². The van der Waals surface area contributed by atoms with Crippen LogP contribution in [0.3, 0.4) is 0 Å². The van der Waals surface area contributed by atoms with Gasteiger partial charge in [0.05, 0.1) is 5.92 Å². The first-order chi connectivity index (χ1) is 10.5. The lowest BCUT2D eigenvalue weighted by molar-refractivity contribution is -0.117. The molecule has 0 saturated heterocycles. The number of hydrogen-bond acceptors (Lipinski definition) is 1. The van der Waals surface area contributed by atoms with Crippen molar-refractivity contribution in [1.29, 1.82) is 0 Å². The third-order valence-corrected chi connectivity index (χ3v) is 3.63. The second kappa shape index (κ2) is 7.21. The summed E-state index contributed by atoms with van der Waals surface area (Å²) in [6, 6.07) is 14.0. The normalized spacial score (nSPS) is 12.2. The highest BCUT2D eigenvalue weighted by Crippen LogP contribution is 2.20. The molecular formula is C19H22FNO. The molecule has 2 rings (SSSR count). The number of nitrogens with one attached hydrogen (secondary N) is 1. The molecule has 0 radical (unpaired) electrons. The monoisotopic (exact) mass is 299 g/mol. The molecule has 2 aromatic rings. The van der Waals surface area contributed by atoms with Crippen molar-refractivity contribution in [3.63, 3.8) is 0 Å². The van der Waals surface area contributed by atoms with Gasteiger partial charge in [-0.3, -0.25) is 4.79 Å². The van der Waals surface area contributed by atoms with Gasteiger partial charge in [-0.15, -0.1) is 0 Å². The van der Waals surface area contributed by atoms with Crippen LogP contribution in [0.2, 0.25) is 0 Å². The molecule has 0 unspecified atom stereocenters. The van der Waals surface area contributed by atoms with Crippen LogP contribution in [0, 0.1) is 11.7 Å². The van der Waals surface area contributed by atoms with Crippen molar-refractivity contribution in [3.8, 4) is 0 Å². The highest BCUT2D eigenvalue weighted by atomic mass is 19.1. The van der Waals surface area contributed by atoms with E-state index in [1.807, 2.05) is 19.1 Å². The van der Waals surface area contributed by atoms with Crippen LogP contribution in [0.4, 0.5) is 10.1 Å². The predicted octanol–water partition coefficient (Wildman–Crippen LogP) is 4.77. The number of rotatable bonds is 5. The maximum Gasteiger partial charge on any atom is 0.231 e. The van der Waals surface area contributed by atoms with Crippen molar-refractivity contribution in [2.24, 2.45) is 5.92 Å². The summed E-state index contributed by atoms with van der Waals surface area (Å²) in [5.41, 5.74) is 2.87. The van der Waals surface area contributed by atoms with Crippen LogP contribution in [-0.4, -0.2) is 5.91 Å². The lowest BCUT2D eigenvalue weighted by Gasteiger charge is -2.13. The number of anilines is 1. The van der Waals surface area contributed by atoms with E-state index in [0.717, 1.165) is 12.0 Å². The topological polar surface area (TPSA) is 29.1 Å². The first-order valence-electron chi connectivity index (χ1n) is 7.61. The molecule has 1 atom stereocenters. The van der Waals surface area contributed by atoms with E-state index in [2.05, 4.69) is 31.3 Å². The molecule has 0 bridgehead atoms. The van der Waals surface area contributed by atoms with Gasteiger partial charge in [-0.05, 0) is 54.7 Å². The smallest absolute Gasteiger partial charge is 0.231 e. The first-order valence-corrected chi connectivity index (χ1v) is 7.61. The summed E-state index contributed by atoms with van der Waals surface area (Å²) in [6.07, 6.45) is 1.04. The first kappa shape index (κ1) is 16.2. The number of carbonyl (C=O) groups is 1. The lowest BCUT2D eigenvalue weighted by atomic mass is 9.96. The molecule has 0 fully saturated rings. The molecule has 0 aliphatic rings. The molecule has 2 aromatic carbocycles. The molecule has 116 valence electrons. The molecular weight excluding hydrogens is 277 g/mol. The van der Waals surface area contributed by atoms with Gasteiger partial charge in [0.2, 0.25) is 5.91 Å². The van der Waals surface area contributed by atoms with E-state index in [4.69, 9.17) is 0 Å². The van der Waals surface area contributed by atoms with E-state index < -0.39 is 0 Å². The van der Waals surface area contributed by atoms with Gasteiger partial charge >= 0.3 is 0 Å². The number of benzene rings is 2. The van der Waals surface area contributed by atoms with E-state index in [1.165, 1.54) is 17.7 Å². The third kappa shape index (κ3) is 4.42. The van der Waals surface area contributed by atoms with E-state index in [1.54, 1.807) is 12.1 Å². The predicted molar refractivity (Wildman–Crippen MR) is 88.4 cm³/mol. The minimum Gasteiger partial charge on any atom is -0.326 e. The van der Waals surface area contributed by atoms with Crippen LogP contribution in [-0.2, 0) is 11.2 Å². The van der Waals surface area contributed by atoms with Crippen LogP contribution in [0.15, 0.2) is 48.5 Å². The number of carbonyl (C=O) groups excluding carboxylic acids is 1. The Morgan fingerprint density at radius 1 is 1.00 bits per heavy atom. The molecule has 0 saturated carbocycles. The van der Waals surface area contributed by atoms with Gasteiger partial charge in [-0.2, -0.15) is 0 Å². The molecule has 0 spiro atoms. The summed E-state index contributed by atoms with van der Waals surface area (Å²) in [6.45, 7) is 6.25. The zero-order valence-electron chi connectivity index (χ0n) is 13.3. The SMILES string of the molecule is CC(C)Cc1ccc([C@H](C)C(=O)Nc2ccc(F)cc2)cc1. The van der Waals surface area contributed by atoms with Crippen LogP contribution < -0.4 is 5.32 Å². The molecule has 0 heterocycles. The number of amides is 1. The lowest BCUT2D eigenvalue weighted by Crippen LogP contribution is -2.18. The van der Waals surface area contributed by atoms with Crippen LogP contribution >= 0.6 is 0 Å². The summed E-state index contributed by atoms with van der Waals surface area (Å²) in [4.78, 5) is 12.3. The zero-order chi connectivity index (χ0) is 16.1. The Kier molecular flexibility index (Phi) is 5.31. The molecule has 1 N–H and O–H groups in total. The van der Waals surface area contributed by atoms with E-state index in [0.29, 0.717) is 11.6 Å². The molecule has 0 aromatic heterocycles. The van der Waals surface area contributed by atoms with E-state index in [9.17, 15) is 9.18 Å². The fraction of sp³-hybridized carbons (Fsp3) is 0.316. The highest BCUT2D eigenvalue weighted by molar-refractivity contribution is 5.95. The molecule has 22 heavy (non-hydrogen) atoms. The molecule has 2 nitrogen and oxygen atoms in total. The standard InChI is InChI=1S/C19H22FNO/c1-13(2)12-15-4-6-16(7-5-15)14(3)19(22)21-18-10-8-17(20)9-11-18/h4-11,13-14H,12H2,1-3H3,(H,21,22)/t14-/m0/s1. The van der Waals surface area contributed by atoms with E-state index >= 15 is 0 Å². The minimum absolute atomic E-state index is 0.0942. The second-order valence-corrected chi connectivity index (χ2v) is 6.06. The number of halogens is 1. The second-order valence-electron chi connectivity index (χ2n) is 6.06. The maximum atomic E-state index is 12.9. The average Bonchev–Trinajstić information content (AvgIpc) is 2.49. The van der Waals surface area contributed by atoms with Gasteiger partial charge in [0, 0.05) is 5.69 Å². The summed E-state index contributed by atoms with van der Waals surface area (Å²) in [5.74, 6) is -0.0433. The Bertz CT molecular complexity index is 617. The Morgan fingerprint density at radius 3 is 2.14 bits per heavy atom. The number of hydrogen-bond donors (Lipinski definition) is 1. The summed E-state index contributed by atoms with van der Waals surface area (Å²) < 4.78 is 12.9. The summed E-state index contributed by atoms with van der Waals surface area (Å²) in [5, 5.41) is 2.81. The zero-order valence-corrected chi connectivity index (χ0v) is 13.3. The van der Waals surface area contributed by atoms with Gasteiger partial charge in [0.15, 0.2) is 0 Å². The fourth-order valence-corrected chi connectivity index (χ4v) is 2.35. The minimum atomic E-state index is -0.313. The van der Waals surface area contributed by atoms with Crippen LogP contribution in [0.5, 0.6) is 0 Å². The largest absolute Gasteiger partial charge is 0.326 e. The summed E-state index contributed by atoms with van der Waals surface area (Å²) >= 11 is 0. The quantitative estimate of drug-likeness (QED) is 0.847. The van der Waals surface area contributed by atoms with Gasteiger partial charge in [0.1, 0.15) is 5.82 Å². The van der Waals surface area contributed by atoms with Crippen molar-refractivity contribution in [2.45, 2.75) is 33.1 Å². The summed E-state index contributed by atoms with van der Waals surface area (Å²) in [7, 11) is 0. The Balaban J connectivity index is 2.02. The van der Waals surface area contributed by atoms with Crippen molar-refractivity contribution in [1.82, 2.24) is 0 Å². The van der Waals surface area contributed by atoms with Gasteiger partial charge in [0.25, 0.3) is 0 Å². The fourth-order valence-electron chi connectivity index (χ4n) is 2.35. The van der Waals surface area contributed by atoms with Crippen LogP contribution in [0.1, 0.15) is 37.8 Å². The van der Waals surface area contributed by atoms with Gasteiger partial charge in [-0.25, -0.2) is 4.39 Å². The van der Waals surface area contributed by atoms with Crippen molar-refractivity contribution in [3.05, 3.63) is 65.5 Å². The Morgan fingerprint density at radius 2 is 1.59 bits per heavy atom. The Labute approximate surface area is 131 Å². The molecule has 0 aliphatic heterocycles. The van der Waals surface area contributed by atoms with Crippen molar-refractivity contribution in [2.75, 3.05) is 5.32 Å². The van der Waals surface area contributed by atoms with Gasteiger partial charge < -0.3 is 5.32 Å². The average molecular weight is 299 g/mol. The maximum absolute atomic E-state index is 12.9. The Hall–Kier alpha value is -2.16. The third-order valence-electron chi connectivity index (χ3n) is 3.63. The molecule has 3 heteroatoms. The highest BCUT2D eigenvalue weighted by Gasteiger charge is 2.15. The van der Waals surface area contributed by atoms with Gasteiger partial charge in [-0.1, -0.05) is 38.1 Å². The van der Waals surface area contributed by atoms with E-state index in [-0.39, 0.29) is 17.6 Å². The molecule has 1 amide bonds. The van der Waals surface area contributed by atoms with Crippen molar-refractivity contribution >= 4 is 11.6 Å².